The molecule has 0 fully saturated rings. The second-order valence-electron chi connectivity index (χ2n) is 4.41. The van der Waals surface area contributed by atoms with Crippen LogP contribution in [-0.2, 0) is 0 Å². The van der Waals surface area contributed by atoms with E-state index in [4.69, 9.17) is 0 Å². The summed E-state index contributed by atoms with van der Waals surface area (Å²) < 4.78 is 0. The predicted octanol–water partition coefficient (Wildman–Crippen LogP) is 3.87. The normalized spacial score (nSPS) is 11.7. The Labute approximate surface area is 116 Å². The van der Waals surface area contributed by atoms with Crippen LogP contribution in [0.1, 0.15) is 32.3 Å². The molecule has 1 N–H and O–H groups in total. The molecule has 18 heavy (non-hydrogen) atoms. The van der Waals surface area contributed by atoms with E-state index >= 15 is 0 Å². The number of hydrogen-bond acceptors (Lipinski definition) is 2. The fourth-order valence-corrected chi connectivity index (χ4v) is 2.55. The molecule has 0 amide bonds. The van der Waals surface area contributed by atoms with Crippen LogP contribution in [0, 0.1) is 18.8 Å². The van der Waals surface area contributed by atoms with Crippen molar-refractivity contribution < 1.29 is 0 Å². The molecule has 0 radical (unpaired) electrons. The van der Waals surface area contributed by atoms with E-state index < -0.39 is 0 Å². The minimum atomic E-state index is 0.490. The third-order valence-electron chi connectivity index (χ3n) is 2.68. The highest BCUT2D eigenvalue weighted by molar-refractivity contribution is 7.99. The van der Waals surface area contributed by atoms with E-state index in [0.717, 1.165) is 18.7 Å². The summed E-state index contributed by atoms with van der Waals surface area (Å²) in [4.78, 5) is 1.34. The van der Waals surface area contributed by atoms with Crippen molar-refractivity contribution in [3.05, 3.63) is 29.8 Å². The molecule has 0 heterocycles. The van der Waals surface area contributed by atoms with E-state index in [1.165, 1.54) is 16.9 Å². The van der Waals surface area contributed by atoms with Crippen LogP contribution in [0.4, 0.5) is 0 Å². The van der Waals surface area contributed by atoms with Crippen LogP contribution in [0.3, 0.4) is 0 Å². The predicted molar refractivity (Wildman–Crippen MR) is 82.1 cm³/mol. The van der Waals surface area contributed by atoms with E-state index in [1.54, 1.807) is 0 Å². The minimum absolute atomic E-state index is 0.490. The fraction of sp³-hybridized carbons (Fsp3) is 0.500. The summed E-state index contributed by atoms with van der Waals surface area (Å²) in [5, 5.41) is 3.56. The first-order chi connectivity index (χ1) is 8.76. The largest absolute Gasteiger partial charge is 0.312 e. The molecule has 1 aromatic rings. The lowest BCUT2D eigenvalue weighted by Gasteiger charge is -2.15. The van der Waals surface area contributed by atoms with Crippen molar-refractivity contribution in [2.45, 2.75) is 44.6 Å². The summed E-state index contributed by atoms with van der Waals surface area (Å²) in [6, 6.07) is 9.22. The Hall–Kier alpha value is -0.910. The van der Waals surface area contributed by atoms with Crippen LogP contribution in [0.2, 0.25) is 0 Å². The van der Waals surface area contributed by atoms with E-state index in [2.05, 4.69) is 55.3 Å². The van der Waals surface area contributed by atoms with Gasteiger partial charge in [0.25, 0.3) is 0 Å². The number of hydrogen-bond donors (Lipinski definition) is 1. The number of thioether (sulfide) groups is 1. The Morgan fingerprint density at radius 1 is 1.28 bits per heavy atom. The van der Waals surface area contributed by atoms with Crippen molar-refractivity contribution in [1.29, 1.82) is 0 Å². The van der Waals surface area contributed by atoms with E-state index in [0.29, 0.717) is 6.04 Å². The molecule has 1 nitrogen and oxygen atoms in total. The van der Waals surface area contributed by atoms with Gasteiger partial charge in [0.05, 0.1) is 0 Å². The molecule has 0 saturated carbocycles. The van der Waals surface area contributed by atoms with Gasteiger partial charge in [-0.2, -0.15) is 0 Å². The molecule has 0 saturated heterocycles. The summed E-state index contributed by atoms with van der Waals surface area (Å²) in [6.45, 7) is 7.30. The molecule has 2 heteroatoms. The quantitative estimate of drug-likeness (QED) is 0.591. The average molecular weight is 261 g/mol. The van der Waals surface area contributed by atoms with E-state index in [9.17, 15) is 0 Å². The maximum absolute atomic E-state index is 3.56. The molecule has 1 unspecified atom stereocenters. The first-order valence-corrected chi connectivity index (χ1v) is 7.57. The lowest BCUT2D eigenvalue weighted by atomic mass is 10.2. The van der Waals surface area contributed by atoms with Crippen LogP contribution >= 0.6 is 11.8 Å². The van der Waals surface area contributed by atoms with Crippen LogP contribution in [0.15, 0.2) is 29.2 Å². The molecular weight excluding hydrogens is 238 g/mol. The lowest BCUT2D eigenvalue weighted by molar-refractivity contribution is 0.563. The highest BCUT2D eigenvalue weighted by atomic mass is 32.2. The molecule has 0 aliphatic heterocycles. The van der Waals surface area contributed by atoms with Crippen molar-refractivity contribution in [3.63, 3.8) is 0 Å². The number of aryl methyl sites for hydroxylation is 1. The first kappa shape index (κ1) is 15.1. The SMILES string of the molecule is CC#CCC(CSc1ccc(C)cc1)NCCC. The van der Waals surface area contributed by atoms with Gasteiger partial charge >= 0.3 is 0 Å². The Bertz CT molecular complexity index is 386. The molecule has 0 aliphatic rings. The highest BCUT2D eigenvalue weighted by Gasteiger charge is 2.06. The van der Waals surface area contributed by atoms with Gasteiger partial charge in [0, 0.05) is 23.1 Å². The van der Waals surface area contributed by atoms with Gasteiger partial charge in [-0.25, -0.2) is 0 Å². The van der Waals surface area contributed by atoms with Gasteiger partial charge in [0.2, 0.25) is 0 Å². The van der Waals surface area contributed by atoms with Gasteiger partial charge in [-0.1, -0.05) is 24.6 Å². The zero-order chi connectivity index (χ0) is 13.2. The summed E-state index contributed by atoms with van der Waals surface area (Å²) in [5.74, 6) is 7.24. The van der Waals surface area contributed by atoms with Crippen LogP contribution in [0.25, 0.3) is 0 Å². The third-order valence-corrected chi connectivity index (χ3v) is 3.85. The lowest BCUT2D eigenvalue weighted by Crippen LogP contribution is -2.31. The monoisotopic (exact) mass is 261 g/mol. The summed E-state index contributed by atoms with van der Waals surface area (Å²) in [6.07, 6.45) is 2.11. The molecular formula is C16H23NS. The van der Waals surface area contributed by atoms with Crippen molar-refractivity contribution in [2.24, 2.45) is 0 Å². The fourth-order valence-electron chi connectivity index (χ4n) is 1.60. The topological polar surface area (TPSA) is 12.0 Å². The second-order valence-corrected chi connectivity index (χ2v) is 5.50. The smallest absolute Gasteiger partial charge is 0.0271 e. The standard InChI is InChI=1S/C16H23NS/c1-4-6-7-15(17-12-5-2)13-18-16-10-8-14(3)9-11-16/h8-11,15,17H,5,7,12-13H2,1-3H3. The number of rotatable bonds is 7. The Kier molecular flexibility index (Phi) is 7.64. The molecule has 1 rings (SSSR count). The minimum Gasteiger partial charge on any atom is -0.312 e. The van der Waals surface area contributed by atoms with Gasteiger partial charge in [0.15, 0.2) is 0 Å². The zero-order valence-electron chi connectivity index (χ0n) is 11.6. The molecule has 98 valence electrons. The van der Waals surface area contributed by atoms with Crippen molar-refractivity contribution in [2.75, 3.05) is 12.3 Å². The maximum Gasteiger partial charge on any atom is 0.0271 e. The van der Waals surface area contributed by atoms with Crippen LogP contribution in [0.5, 0.6) is 0 Å². The van der Waals surface area contributed by atoms with Crippen LogP contribution < -0.4 is 5.32 Å². The molecule has 1 aromatic carbocycles. The number of nitrogens with one attached hydrogen (secondary N) is 1. The summed E-state index contributed by atoms with van der Waals surface area (Å²) in [7, 11) is 0. The van der Waals surface area contributed by atoms with Gasteiger partial charge in [-0.3, -0.25) is 0 Å². The van der Waals surface area contributed by atoms with E-state index in [1.807, 2.05) is 18.7 Å². The average Bonchev–Trinajstić information content (AvgIpc) is 2.40. The molecule has 0 aromatic heterocycles. The summed E-state index contributed by atoms with van der Waals surface area (Å²) in [5.41, 5.74) is 1.32. The zero-order valence-corrected chi connectivity index (χ0v) is 12.4. The highest BCUT2D eigenvalue weighted by Crippen LogP contribution is 2.19. The van der Waals surface area contributed by atoms with Gasteiger partial charge in [-0.15, -0.1) is 23.6 Å². The Balaban J connectivity index is 2.43. The summed E-state index contributed by atoms with van der Waals surface area (Å²) >= 11 is 1.91. The molecule has 0 bridgehead atoms. The van der Waals surface area contributed by atoms with Gasteiger partial charge in [0.1, 0.15) is 0 Å². The number of benzene rings is 1. The first-order valence-electron chi connectivity index (χ1n) is 6.58. The van der Waals surface area contributed by atoms with Gasteiger partial charge < -0.3 is 5.32 Å². The second kappa shape index (κ2) is 9.08. The van der Waals surface area contributed by atoms with E-state index in [-0.39, 0.29) is 0 Å². The molecule has 1 atom stereocenters. The van der Waals surface area contributed by atoms with Crippen molar-refractivity contribution in [1.82, 2.24) is 5.32 Å². The van der Waals surface area contributed by atoms with Gasteiger partial charge in [-0.05, 0) is 38.9 Å². The maximum atomic E-state index is 3.56. The molecule has 0 spiro atoms. The van der Waals surface area contributed by atoms with Crippen molar-refractivity contribution >= 4 is 11.8 Å². The third kappa shape index (κ3) is 6.14. The van der Waals surface area contributed by atoms with Crippen LogP contribution in [-0.4, -0.2) is 18.3 Å². The Morgan fingerprint density at radius 3 is 2.61 bits per heavy atom. The van der Waals surface area contributed by atoms with Crippen molar-refractivity contribution in [3.8, 4) is 11.8 Å². The Morgan fingerprint density at radius 2 is 2.00 bits per heavy atom. The molecule has 0 aliphatic carbocycles.